The predicted molar refractivity (Wildman–Crippen MR) is 95.0 cm³/mol. The van der Waals surface area contributed by atoms with Crippen LogP contribution < -0.4 is 5.73 Å². The fraction of sp³-hybridized carbons (Fsp3) is 0.316. The summed E-state index contributed by atoms with van der Waals surface area (Å²) in [5.41, 5.74) is 8.12. The monoisotopic (exact) mass is 380 g/mol. The molecule has 7 heteroatoms. The quantitative estimate of drug-likeness (QED) is 0.810. The van der Waals surface area contributed by atoms with Crippen molar-refractivity contribution in [2.75, 3.05) is 6.26 Å². The number of alkyl halides is 2. The van der Waals surface area contributed by atoms with Gasteiger partial charge in [0.1, 0.15) is 5.82 Å². The van der Waals surface area contributed by atoms with Crippen LogP contribution in [0.4, 0.5) is 13.2 Å². The van der Waals surface area contributed by atoms with Crippen LogP contribution >= 0.6 is 0 Å². The molecule has 2 aromatic rings. The highest BCUT2D eigenvalue weighted by atomic mass is 32.2. The normalized spacial score (nSPS) is 22.0. The van der Waals surface area contributed by atoms with Crippen LogP contribution in [0.1, 0.15) is 40.0 Å². The molecular formula is C19H19F3N2OS. The van der Waals surface area contributed by atoms with E-state index in [0.717, 1.165) is 5.56 Å². The van der Waals surface area contributed by atoms with Gasteiger partial charge in [-0.2, -0.15) is 5.26 Å². The molecule has 3 rings (SSSR count). The van der Waals surface area contributed by atoms with Crippen molar-refractivity contribution in [1.82, 2.24) is 0 Å². The maximum absolute atomic E-state index is 13.7. The molecule has 0 amide bonds. The standard InChI is InChI=1S/C11H13F2NOS.C8H6FN/c1-5-3-4-6(16(2)15)8-7(5)9(12)10(13)11(8)14;1-6-2-7(5-10)4-8(9)3-6/h3-4,9-11H,14H2,1-2H3;2-4H,1H3. The zero-order chi connectivity index (χ0) is 19.6. The van der Waals surface area contributed by atoms with E-state index in [0.29, 0.717) is 21.6 Å². The number of hydrogen-bond donors (Lipinski definition) is 1. The highest BCUT2D eigenvalue weighted by Crippen LogP contribution is 2.45. The summed E-state index contributed by atoms with van der Waals surface area (Å²) in [6.07, 6.45) is -1.96. The van der Waals surface area contributed by atoms with Gasteiger partial charge in [0.25, 0.3) is 0 Å². The molecule has 0 aliphatic heterocycles. The summed E-state index contributed by atoms with van der Waals surface area (Å²) >= 11 is 0. The molecule has 0 aromatic heterocycles. The summed E-state index contributed by atoms with van der Waals surface area (Å²) in [5, 5.41) is 8.37. The third-order valence-corrected chi connectivity index (χ3v) is 5.15. The molecule has 2 N–H and O–H groups in total. The first-order valence-corrected chi connectivity index (χ1v) is 9.41. The molecule has 0 spiro atoms. The predicted octanol–water partition coefficient (Wildman–Crippen LogP) is 4.10. The van der Waals surface area contributed by atoms with E-state index < -0.39 is 29.2 Å². The molecule has 4 unspecified atom stereocenters. The Labute approximate surface area is 153 Å². The molecule has 0 saturated heterocycles. The largest absolute Gasteiger partial charge is 0.321 e. The van der Waals surface area contributed by atoms with Crippen LogP contribution in [-0.2, 0) is 10.8 Å². The molecule has 4 atom stereocenters. The smallest absolute Gasteiger partial charge is 0.159 e. The van der Waals surface area contributed by atoms with Gasteiger partial charge in [-0.1, -0.05) is 6.07 Å². The summed E-state index contributed by atoms with van der Waals surface area (Å²) in [6.45, 7) is 3.46. The number of halogens is 3. The van der Waals surface area contributed by atoms with Crippen LogP contribution in [0, 0.1) is 31.0 Å². The van der Waals surface area contributed by atoms with Gasteiger partial charge in [-0.3, -0.25) is 4.21 Å². The fourth-order valence-corrected chi connectivity index (χ4v) is 3.80. The van der Waals surface area contributed by atoms with Gasteiger partial charge in [0, 0.05) is 11.2 Å². The second-order valence-corrected chi connectivity index (χ2v) is 7.51. The number of hydrogen-bond acceptors (Lipinski definition) is 3. The molecule has 26 heavy (non-hydrogen) atoms. The first kappa shape index (κ1) is 20.1. The summed E-state index contributed by atoms with van der Waals surface area (Å²) < 4.78 is 51.2. The Kier molecular flexibility index (Phi) is 6.21. The van der Waals surface area contributed by atoms with E-state index in [1.165, 1.54) is 18.4 Å². The number of rotatable bonds is 1. The first-order valence-electron chi connectivity index (χ1n) is 7.85. The molecule has 0 saturated carbocycles. The van der Waals surface area contributed by atoms with Crippen LogP contribution in [0.25, 0.3) is 0 Å². The molecule has 1 aliphatic rings. The van der Waals surface area contributed by atoms with Crippen LogP contribution in [0.3, 0.4) is 0 Å². The minimum absolute atomic E-state index is 0.285. The minimum Gasteiger partial charge on any atom is -0.321 e. The van der Waals surface area contributed by atoms with Gasteiger partial charge in [-0.25, -0.2) is 13.2 Å². The fourth-order valence-electron chi connectivity index (χ4n) is 2.99. The number of aryl methyl sites for hydroxylation is 2. The number of nitrogens with two attached hydrogens (primary N) is 1. The van der Waals surface area contributed by atoms with Gasteiger partial charge in [0.05, 0.1) is 28.5 Å². The third kappa shape index (κ3) is 3.97. The Hall–Kier alpha value is -2.17. The van der Waals surface area contributed by atoms with Gasteiger partial charge >= 0.3 is 0 Å². The van der Waals surface area contributed by atoms with Gasteiger partial charge in [0.15, 0.2) is 12.3 Å². The van der Waals surface area contributed by atoms with E-state index in [2.05, 4.69) is 0 Å². The van der Waals surface area contributed by atoms with Crippen molar-refractivity contribution in [3.63, 3.8) is 0 Å². The van der Waals surface area contributed by atoms with Crippen LogP contribution in [0.2, 0.25) is 0 Å². The molecule has 0 fully saturated rings. The highest BCUT2D eigenvalue weighted by molar-refractivity contribution is 7.84. The second kappa shape index (κ2) is 8.02. The van der Waals surface area contributed by atoms with E-state index in [1.807, 2.05) is 6.07 Å². The highest BCUT2D eigenvalue weighted by Gasteiger charge is 2.42. The number of benzene rings is 2. The van der Waals surface area contributed by atoms with Crippen molar-refractivity contribution >= 4 is 10.8 Å². The van der Waals surface area contributed by atoms with Crippen molar-refractivity contribution in [3.05, 3.63) is 64.0 Å². The Bertz CT molecular complexity index is 875. The Morgan fingerprint density at radius 3 is 2.35 bits per heavy atom. The van der Waals surface area contributed by atoms with Crippen molar-refractivity contribution < 1.29 is 17.4 Å². The lowest BCUT2D eigenvalue weighted by atomic mass is 10.0. The Morgan fingerprint density at radius 2 is 1.81 bits per heavy atom. The van der Waals surface area contributed by atoms with E-state index >= 15 is 0 Å². The van der Waals surface area contributed by atoms with Crippen molar-refractivity contribution in [3.8, 4) is 6.07 Å². The molecule has 2 aromatic carbocycles. The average molecular weight is 380 g/mol. The van der Waals surface area contributed by atoms with Crippen molar-refractivity contribution in [2.45, 2.75) is 37.1 Å². The lowest BCUT2D eigenvalue weighted by Gasteiger charge is -2.11. The molecule has 0 radical (unpaired) electrons. The van der Waals surface area contributed by atoms with E-state index in [1.54, 1.807) is 32.0 Å². The lowest BCUT2D eigenvalue weighted by molar-refractivity contribution is 0.164. The topological polar surface area (TPSA) is 66.9 Å². The van der Waals surface area contributed by atoms with Gasteiger partial charge in [0.2, 0.25) is 0 Å². The third-order valence-electron chi connectivity index (χ3n) is 4.18. The number of nitrogens with zero attached hydrogens (tertiary/aromatic N) is 1. The van der Waals surface area contributed by atoms with Crippen LogP contribution in [0.5, 0.6) is 0 Å². The van der Waals surface area contributed by atoms with Crippen molar-refractivity contribution in [2.24, 2.45) is 5.73 Å². The maximum atomic E-state index is 13.7. The summed E-state index contributed by atoms with van der Waals surface area (Å²) in [4.78, 5) is 0.441. The van der Waals surface area contributed by atoms with Crippen LogP contribution in [0.15, 0.2) is 35.2 Å². The van der Waals surface area contributed by atoms with Gasteiger partial charge in [-0.15, -0.1) is 0 Å². The van der Waals surface area contributed by atoms with E-state index in [-0.39, 0.29) is 11.4 Å². The lowest BCUT2D eigenvalue weighted by Crippen LogP contribution is -2.19. The Morgan fingerprint density at radius 1 is 1.15 bits per heavy atom. The zero-order valence-corrected chi connectivity index (χ0v) is 15.4. The molecule has 0 bridgehead atoms. The summed E-state index contributed by atoms with van der Waals surface area (Å²) in [5.74, 6) is -0.350. The Balaban J connectivity index is 0.000000209. The molecule has 1 aliphatic carbocycles. The second-order valence-electron chi connectivity index (χ2n) is 6.16. The van der Waals surface area contributed by atoms with Crippen molar-refractivity contribution in [1.29, 1.82) is 5.26 Å². The SMILES string of the molecule is Cc1cc(F)cc(C#N)c1.Cc1ccc(S(C)=O)c2c1C(F)C(F)C2N. The van der Waals surface area contributed by atoms with Gasteiger partial charge in [-0.05, 0) is 60.4 Å². The molecule has 0 heterocycles. The maximum Gasteiger partial charge on any atom is 0.159 e. The van der Waals surface area contributed by atoms with Crippen LogP contribution in [-0.4, -0.2) is 16.6 Å². The first-order chi connectivity index (χ1) is 12.2. The summed E-state index contributed by atoms with van der Waals surface area (Å²) in [6, 6.07) is 8.40. The van der Waals surface area contributed by atoms with E-state index in [9.17, 15) is 17.4 Å². The zero-order valence-electron chi connectivity index (χ0n) is 14.6. The molecular weight excluding hydrogens is 361 g/mol. The number of nitriles is 1. The van der Waals surface area contributed by atoms with E-state index in [4.69, 9.17) is 11.0 Å². The minimum atomic E-state index is -1.74. The number of fused-ring (bicyclic) bond motifs is 1. The summed E-state index contributed by atoms with van der Waals surface area (Å²) in [7, 11) is -1.28. The molecule has 3 nitrogen and oxygen atoms in total. The molecule has 138 valence electrons. The average Bonchev–Trinajstić information content (AvgIpc) is 2.80. The van der Waals surface area contributed by atoms with Gasteiger partial charge < -0.3 is 5.73 Å².